The first-order valence-electron chi connectivity index (χ1n) is 6.52. The number of nitrogens with two attached hydrogens (primary N) is 1. The lowest BCUT2D eigenvalue weighted by Gasteiger charge is -2.31. The van der Waals surface area contributed by atoms with E-state index in [9.17, 15) is 0 Å². The second kappa shape index (κ2) is 5.40. The Morgan fingerprint density at radius 3 is 2.80 bits per heavy atom. The zero-order chi connectivity index (χ0) is 14.3. The van der Waals surface area contributed by atoms with Crippen LogP contribution >= 0.6 is 27.5 Å². The molecule has 1 heterocycles. The quantitative estimate of drug-likeness (QED) is 0.789. The highest BCUT2D eigenvalue weighted by Crippen LogP contribution is 2.41. The molecule has 0 bridgehead atoms. The van der Waals surface area contributed by atoms with Crippen LogP contribution in [0.2, 0.25) is 5.02 Å². The van der Waals surface area contributed by atoms with Crippen molar-refractivity contribution in [2.45, 2.75) is 25.5 Å². The summed E-state index contributed by atoms with van der Waals surface area (Å²) >= 11 is 9.58. The summed E-state index contributed by atoms with van der Waals surface area (Å²) in [5.74, 6) is 0.829. The number of halogens is 2. The molecule has 2 N–H and O–H groups in total. The van der Waals surface area contributed by atoms with Gasteiger partial charge in [-0.05, 0) is 42.3 Å². The van der Waals surface area contributed by atoms with E-state index in [2.05, 4.69) is 41.1 Å². The lowest BCUT2D eigenvalue weighted by atomic mass is 9.93. The van der Waals surface area contributed by atoms with Crippen LogP contribution in [-0.4, -0.2) is 0 Å². The van der Waals surface area contributed by atoms with Crippen molar-refractivity contribution >= 4 is 27.5 Å². The predicted octanol–water partition coefficient (Wildman–Crippen LogP) is 4.93. The first-order chi connectivity index (χ1) is 9.54. The van der Waals surface area contributed by atoms with Gasteiger partial charge in [0.1, 0.15) is 11.9 Å². The van der Waals surface area contributed by atoms with E-state index in [1.54, 1.807) is 0 Å². The third-order valence-corrected chi connectivity index (χ3v) is 4.77. The molecule has 0 radical (unpaired) electrons. The predicted molar refractivity (Wildman–Crippen MR) is 85.2 cm³/mol. The lowest BCUT2D eigenvalue weighted by Crippen LogP contribution is -2.24. The molecule has 2 aromatic carbocycles. The molecule has 1 unspecified atom stereocenters. The average molecular weight is 353 g/mol. The SMILES string of the molecule is Cc1ccc(C2C[C@H](N)c3cc(Cl)ccc3O2)cc1Br. The van der Waals surface area contributed by atoms with E-state index in [-0.39, 0.29) is 12.1 Å². The van der Waals surface area contributed by atoms with Crippen molar-refractivity contribution in [3.63, 3.8) is 0 Å². The molecule has 0 aliphatic carbocycles. The van der Waals surface area contributed by atoms with Crippen LogP contribution in [0.1, 0.15) is 35.3 Å². The molecule has 1 aliphatic heterocycles. The van der Waals surface area contributed by atoms with Crippen LogP contribution < -0.4 is 10.5 Å². The molecule has 2 atom stereocenters. The molecule has 0 saturated carbocycles. The first-order valence-corrected chi connectivity index (χ1v) is 7.69. The minimum absolute atomic E-state index is 0.0180. The molecular weight excluding hydrogens is 338 g/mol. The fourth-order valence-electron chi connectivity index (χ4n) is 2.49. The Hall–Kier alpha value is -1.03. The Labute approximate surface area is 132 Å². The van der Waals surface area contributed by atoms with Gasteiger partial charge < -0.3 is 10.5 Å². The number of benzene rings is 2. The van der Waals surface area contributed by atoms with Crippen LogP contribution in [0.4, 0.5) is 0 Å². The number of aryl methyl sites for hydroxylation is 1. The molecule has 2 aromatic rings. The summed E-state index contributed by atoms with van der Waals surface area (Å²) in [5.41, 5.74) is 9.59. The maximum atomic E-state index is 6.26. The van der Waals surface area contributed by atoms with Gasteiger partial charge in [0.15, 0.2) is 0 Å². The lowest BCUT2D eigenvalue weighted by molar-refractivity contribution is 0.161. The molecule has 4 heteroatoms. The number of hydrogen-bond donors (Lipinski definition) is 1. The van der Waals surface area contributed by atoms with Crippen LogP contribution in [0.5, 0.6) is 5.75 Å². The Bertz CT molecular complexity index is 659. The van der Waals surface area contributed by atoms with E-state index in [0.717, 1.165) is 27.8 Å². The standard InChI is InChI=1S/C16H15BrClNO/c1-9-2-3-10(6-13(9)17)16-8-14(19)12-7-11(18)4-5-15(12)20-16/h2-7,14,16H,8,19H2,1H3/t14-,16?/m0/s1. The fraction of sp³-hybridized carbons (Fsp3) is 0.250. The topological polar surface area (TPSA) is 35.2 Å². The van der Waals surface area contributed by atoms with E-state index in [4.69, 9.17) is 22.1 Å². The van der Waals surface area contributed by atoms with Crippen molar-refractivity contribution in [1.82, 2.24) is 0 Å². The minimum Gasteiger partial charge on any atom is -0.485 e. The minimum atomic E-state index is -0.0532. The second-order valence-electron chi connectivity index (χ2n) is 5.14. The Kier molecular flexibility index (Phi) is 3.76. The van der Waals surface area contributed by atoms with Gasteiger partial charge in [-0.3, -0.25) is 0 Å². The highest BCUT2D eigenvalue weighted by atomic mass is 79.9. The van der Waals surface area contributed by atoms with Gasteiger partial charge in [-0.25, -0.2) is 0 Å². The highest BCUT2D eigenvalue weighted by molar-refractivity contribution is 9.10. The Morgan fingerprint density at radius 1 is 1.25 bits per heavy atom. The third kappa shape index (κ3) is 2.58. The zero-order valence-electron chi connectivity index (χ0n) is 11.1. The van der Waals surface area contributed by atoms with E-state index in [1.165, 1.54) is 5.56 Å². The van der Waals surface area contributed by atoms with Crippen LogP contribution in [0.25, 0.3) is 0 Å². The van der Waals surface area contributed by atoms with E-state index in [0.29, 0.717) is 5.02 Å². The highest BCUT2D eigenvalue weighted by Gasteiger charge is 2.27. The molecule has 1 aliphatic rings. The largest absolute Gasteiger partial charge is 0.485 e. The van der Waals surface area contributed by atoms with Gasteiger partial charge in [0, 0.05) is 27.5 Å². The Morgan fingerprint density at radius 2 is 2.05 bits per heavy atom. The zero-order valence-corrected chi connectivity index (χ0v) is 13.4. The van der Waals surface area contributed by atoms with Crippen LogP contribution in [0.3, 0.4) is 0 Å². The van der Waals surface area contributed by atoms with Crippen LogP contribution in [-0.2, 0) is 0 Å². The van der Waals surface area contributed by atoms with E-state index >= 15 is 0 Å². The molecule has 0 spiro atoms. The number of ether oxygens (including phenoxy) is 1. The fourth-order valence-corrected chi connectivity index (χ4v) is 3.07. The molecule has 20 heavy (non-hydrogen) atoms. The van der Waals surface area contributed by atoms with Crippen molar-refractivity contribution in [3.05, 3.63) is 62.6 Å². The van der Waals surface area contributed by atoms with Gasteiger partial charge in [0.25, 0.3) is 0 Å². The number of hydrogen-bond acceptors (Lipinski definition) is 2. The van der Waals surface area contributed by atoms with Gasteiger partial charge in [-0.2, -0.15) is 0 Å². The molecule has 104 valence electrons. The molecule has 3 rings (SSSR count). The first kappa shape index (κ1) is 13.9. The summed E-state index contributed by atoms with van der Waals surface area (Å²) in [7, 11) is 0. The van der Waals surface area contributed by atoms with Crippen LogP contribution in [0.15, 0.2) is 40.9 Å². The van der Waals surface area contributed by atoms with Crippen molar-refractivity contribution in [3.8, 4) is 5.75 Å². The van der Waals surface area contributed by atoms with Crippen LogP contribution in [0, 0.1) is 6.92 Å². The van der Waals surface area contributed by atoms with Gasteiger partial charge in [-0.1, -0.05) is 39.7 Å². The maximum Gasteiger partial charge on any atom is 0.126 e. The summed E-state index contributed by atoms with van der Waals surface area (Å²) in [6.45, 7) is 2.07. The summed E-state index contributed by atoms with van der Waals surface area (Å²) < 4.78 is 7.17. The van der Waals surface area contributed by atoms with E-state index in [1.807, 2.05) is 18.2 Å². The number of fused-ring (bicyclic) bond motifs is 1. The molecule has 0 saturated heterocycles. The second-order valence-corrected chi connectivity index (χ2v) is 6.43. The maximum absolute atomic E-state index is 6.26. The smallest absolute Gasteiger partial charge is 0.126 e. The van der Waals surface area contributed by atoms with Gasteiger partial charge in [0.2, 0.25) is 0 Å². The molecule has 0 aromatic heterocycles. The van der Waals surface area contributed by atoms with Crippen molar-refractivity contribution in [2.75, 3.05) is 0 Å². The van der Waals surface area contributed by atoms with Gasteiger partial charge >= 0.3 is 0 Å². The van der Waals surface area contributed by atoms with Crippen molar-refractivity contribution in [1.29, 1.82) is 0 Å². The van der Waals surface area contributed by atoms with E-state index < -0.39 is 0 Å². The monoisotopic (exact) mass is 351 g/mol. The molecule has 2 nitrogen and oxygen atoms in total. The third-order valence-electron chi connectivity index (χ3n) is 3.68. The molecular formula is C16H15BrClNO. The van der Waals surface area contributed by atoms with Crippen molar-refractivity contribution < 1.29 is 4.74 Å². The number of rotatable bonds is 1. The van der Waals surface area contributed by atoms with Gasteiger partial charge in [-0.15, -0.1) is 0 Å². The normalized spacial score (nSPS) is 21.2. The van der Waals surface area contributed by atoms with Crippen molar-refractivity contribution in [2.24, 2.45) is 5.73 Å². The molecule has 0 fully saturated rings. The summed E-state index contributed by atoms with van der Waals surface area (Å²) in [4.78, 5) is 0. The Balaban J connectivity index is 1.94. The summed E-state index contributed by atoms with van der Waals surface area (Å²) in [6, 6.07) is 11.9. The molecule has 0 amide bonds. The summed E-state index contributed by atoms with van der Waals surface area (Å²) in [6.07, 6.45) is 0.735. The average Bonchev–Trinajstić information content (AvgIpc) is 2.42. The van der Waals surface area contributed by atoms with Gasteiger partial charge in [0.05, 0.1) is 0 Å². The summed E-state index contributed by atoms with van der Waals surface area (Å²) in [5, 5.41) is 0.694.